The fourth-order valence-electron chi connectivity index (χ4n) is 2.79. The molecule has 7 heteroatoms. The van der Waals surface area contributed by atoms with E-state index in [1.54, 1.807) is 19.5 Å². The minimum Gasteiger partial charge on any atom is -0.384 e. The number of nitrogens with zero attached hydrogens (tertiary/aromatic N) is 4. The summed E-state index contributed by atoms with van der Waals surface area (Å²) in [5, 5.41) is 2.88. The van der Waals surface area contributed by atoms with E-state index in [0.29, 0.717) is 25.5 Å². The summed E-state index contributed by atoms with van der Waals surface area (Å²) >= 11 is 0. The van der Waals surface area contributed by atoms with E-state index in [-0.39, 0.29) is 6.03 Å². The van der Waals surface area contributed by atoms with Crippen LogP contribution in [0.4, 0.5) is 16.4 Å². The van der Waals surface area contributed by atoms with E-state index in [2.05, 4.69) is 20.2 Å². The number of pyridine rings is 2. The highest BCUT2D eigenvalue weighted by Crippen LogP contribution is 2.14. The zero-order chi connectivity index (χ0) is 17.5. The Kier molecular flexibility index (Phi) is 5.79. The molecule has 1 fully saturated rings. The van der Waals surface area contributed by atoms with E-state index < -0.39 is 0 Å². The van der Waals surface area contributed by atoms with Crippen LogP contribution in [0, 0.1) is 0 Å². The van der Waals surface area contributed by atoms with Crippen molar-refractivity contribution in [3.63, 3.8) is 0 Å². The van der Waals surface area contributed by atoms with Crippen LogP contribution in [-0.4, -0.2) is 60.8 Å². The zero-order valence-corrected chi connectivity index (χ0v) is 14.4. The van der Waals surface area contributed by atoms with Gasteiger partial charge in [-0.2, -0.15) is 0 Å². The summed E-state index contributed by atoms with van der Waals surface area (Å²) < 4.78 is 5.08. The first-order valence-electron chi connectivity index (χ1n) is 8.42. The van der Waals surface area contributed by atoms with Gasteiger partial charge in [-0.1, -0.05) is 6.07 Å². The molecule has 0 radical (unpaired) electrons. The van der Waals surface area contributed by atoms with Crippen LogP contribution >= 0.6 is 0 Å². The molecule has 25 heavy (non-hydrogen) atoms. The largest absolute Gasteiger partial charge is 0.384 e. The molecular formula is C18H23N5O2. The summed E-state index contributed by atoms with van der Waals surface area (Å²) in [7, 11) is 1.68. The van der Waals surface area contributed by atoms with Crippen LogP contribution in [0.15, 0.2) is 42.7 Å². The molecule has 3 heterocycles. The van der Waals surface area contributed by atoms with Crippen molar-refractivity contribution in [1.82, 2.24) is 14.9 Å². The lowest BCUT2D eigenvalue weighted by Gasteiger charge is -2.35. The van der Waals surface area contributed by atoms with Gasteiger partial charge in [-0.3, -0.25) is 5.32 Å². The van der Waals surface area contributed by atoms with Crippen molar-refractivity contribution in [3.8, 4) is 0 Å². The Morgan fingerprint density at radius 3 is 2.72 bits per heavy atom. The molecule has 0 aliphatic carbocycles. The van der Waals surface area contributed by atoms with E-state index in [0.717, 1.165) is 30.9 Å². The van der Waals surface area contributed by atoms with E-state index in [4.69, 9.17) is 4.74 Å². The Labute approximate surface area is 147 Å². The zero-order valence-electron chi connectivity index (χ0n) is 14.4. The molecular weight excluding hydrogens is 318 g/mol. The second-order valence-electron chi connectivity index (χ2n) is 5.88. The molecule has 132 valence electrons. The van der Waals surface area contributed by atoms with Gasteiger partial charge in [0, 0.05) is 45.7 Å². The Bertz CT molecular complexity index is 687. The molecule has 3 rings (SSSR count). The van der Waals surface area contributed by atoms with Gasteiger partial charge in [0.15, 0.2) is 0 Å². The van der Waals surface area contributed by atoms with Gasteiger partial charge < -0.3 is 14.5 Å². The maximum absolute atomic E-state index is 12.5. The molecule has 0 spiro atoms. The fourth-order valence-corrected chi connectivity index (χ4v) is 2.79. The van der Waals surface area contributed by atoms with Gasteiger partial charge in [0.25, 0.3) is 0 Å². The number of carbonyl (C=O) groups excluding carboxylic acids is 1. The molecule has 0 aromatic carbocycles. The predicted octanol–water partition coefficient (Wildman–Crippen LogP) is 2.02. The number of nitrogens with one attached hydrogen (secondary N) is 1. The molecule has 0 saturated carbocycles. The standard InChI is InChI=1S/C18H23N5O2/c1-25-13-6-15-5-8-19-16(14-15)21-18(24)23-11-9-22(10-12-23)17-4-2-3-7-20-17/h2-5,7-8,14H,6,9-13H2,1H3,(H,19,21,24). The van der Waals surface area contributed by atoms with Crippen molar-refractivity contribution in [2.45, 2.75) is 6.42 Å². The average molecular weight is 341 g/mol. The lowest BCUT2D eigenvalue weighted by molar-refractivity contribution is 0.202. The number of methoxy groups -OCH3 is 1. The Balaban J connectivity index is 1.53. The van der Waals surface area contributed by atoms with Gasteiger partial charge in [-0.15, -0.1) is 0 Å². The van der Waals surface area contributed by atoms with Crippen molar-refractivity contribution in [1.29, 1.82) is 0 Å². The Hall–Kier alpha value is -2.67. The summed E-state index contributed by atoms with van der Waals surface area (Å²) in [6.07, 6.45) is 4.29. The first-order valence-corrected chi connectivity index (χ1v) is 8.42. The minimum atomic E-state index is -0.114. The third-order valence-corrected chi connectivity index (χ3v) is 4.19. The number of hydrogen-bond donors (Lipinski definition) is 1. The van der Waals surface area contributed by atoms with Crippen LogP contribution in [0.3, 0.4) is 0 Å². The molecule has 7 nitrogen and oxygen atoms in total. The SMILES string of the molecule is COCCc1ccnc(NC(=O)N2CCN(c3ccccn3)CC2)c1. The van der Waals surface area contributed by atoms with Crippen molar-refractivity contribution in [2.24, 2.45) is 0 Å². The molecule has 0 unspecified atom stereocenters. The van der Waals surface area contributed by atoms with Crippen molar-refractivity contribution in [2.75, 3.05) is 50.1 Å². The van der Waals surface area contributed by atoms with Crippen molar-refractivity contribution < 1.29 is 9.53 Å². The van der Waals surface area contributed by atoms with Crippen LogP contribution < -0.4 is 10.2 Å². The molecule has 1 aliphatic heterocycles. The number of aromatic nitrogens is 2. The molecule has 0 bridgehead atoms. The maximum atomic E-state index is 12.5. The summed E-state index contributed by atoms with van der Waals surface area (Å²) in [6.45, 7) is 3.50. The number of anilines is 2. The Morgan fingerprint density at radius 1 is 1.16 bits per heavy atom. The molecule has 2 amide bonds. The first kappa shape index (κ1) is 17.2. The quantitative estimate of drug-likeness (QED) is 0.901. The first-order chi connectivity index (χ1) is 12.3. The van der Waals surface area contributed by atoms with Crippen LogP contribution in [0.1, 0.15) is 5.56 Å². The molecule has 1 N–H and O–H groups in total. The monoisotopic (exact) mass is 341 g/mol. The van der Waals surface area contributed by atoms with Gasteiger partial charge in [0.2, 0.25) is 0 Å². The van der Waals surface area contributed by atoms with E-state index in [1.165, 1.54) is 0 Å². The lowest BCUT2D eigenvalue weighted by atomic mass is 10.2. The maximum Gasteiger partial charge on any atom is 0.323 e. The molecule has 1 saturated heterocycles. The van der Waals surface area contributed by atoms with E-state index in [1.807, 2.05) is 35.2 Å². The van der Waals surface area contributed by atoms with Crippen LogP contribution in [0.25, 0.3) is 0 Å². The van der Waals surface area contributed by atoms with Gasteiger partial charge in [-0.25, -0.2) is 14.8 Å². The minimum absolute atomic E-state index is 0.114. The van der Waals surface area contributed by atoms with Crippen LogP contribution in [-0.2, 0) is 11.2 Å². The van der Waals surface area contributed by atoms with Crippen LogP contribution in [0.5, 0.6) is 0 Å². The lowest BCUT2D eigenvalue weighted by Crippen LogP contribution is -2.50. The van der Waals surface area contributed by atoms with Crippen molar-refractivity contribution >= 4 is 17.7 Å². The van der Waals surface area contributed by atoms with E-state index >= 15 is 0 Å². The number of hydrogen-bond acceptors (Lipinski definition) is 5. The number of ether oxygens (including phenoxy) is 1. The smallest absolute Gasteiger partial charge is 0.323 e. The van der Waals surface area contributed by atoms with E-state index in [9.17, 15) is 4.79 Å². The molecule has 2 aromatic heterocycles. The fraction of sp³-hybridized carbons (Fsp3) is 0.389. The summed E-state index contributed by atoms with van der Waals surface area (Å²) in [4.78, 5) is 25.0. The predicted molar refractivity (Wildman–Crippen MR) is 96.9 cm³/mol. The topological polar surface area (TPSA) is 70.6 Å². The second-order valence-corrected chi connectivity index (χ2v) is 5.88. The number of carbonyl (C=O) groups is 1. The molecule has 2 aromatic rings. The van der Waals surface area contributed by atoms with Gasteiger partial charge in [-0.05, 0) is 36.2 Å². The van der Waals surface area contributed by atoms with Crippen molar-refractivity contribution in [3.05, 3.63) is 48.3 Å². The highest BCUT2D eigenvalue weighted by Gasteiger charge is 2.22. The van der Waals surface area contributed by atoms with Gasteiger partial charge >= 0.3 is 6.03 Å². The second kappa shape index (κ2) is 8.43. The summed E-state index contributed by atoms with van der Waals surface area (Å²) in [5.41, 5.74) is 1.09. The number of piperazine rings is 1. The third kappa shape index (κ3) is 4.67. The average Bonchev–Trinajstić information content (AvgIpc) is 2.67. The Morgan fingerprint density at radius 2 is 2.00 bits per heavy atom. The molecule has 1 aliphatic rings. The number of urea groups is 1. The number of rotatable bonds is 5. The highest BCUT2D eigenvalue weighted by molar-refractivity contribution is 5.88. The summed E-state index contributed by atoms with van der Waals surface area (Å²) in [5.74, 6) is 1.53. The molecule has 0 atom stereocenters. The third-order valence-electron chi connectivity index (χ3n) is 4.19. The number of amides is 2. The summed E-state index contributed by atoms with van der Waals surface area (Å²) in [6, 6.07) is 9.58. The highest BCUT2D eigenvalue weighted by atomic mass is 16.5. The normalized spacial score (nSPS) is 14.4. The van der Waals surface area contributed by atoms with Crippen LogP contribution in [0.2, 0.25) is 0 Å². The van der Waals surface area contributed by atoms with Gasteiger partial charge in [0.05, 0.1) is 6.61 Å². The van der Waals surface area contributed by atoms with Gasteiger partial charge in [0.1, 0.15) is 11.6 Å².